The first-order chi connectivity index (χ1) is 8.59. The fourth-order valence-electron chi connectivity index (χ4n) is 1.67. The van der Waals surface area contributed by atoms with Crippen molar-refractivity contribution in [2.75, 3.05) is 6.54 Å². The Kier molecular flexibility index (Phi) is 3.71. The summed E-state index contributed by atoms with van der Waals surface area (Å²) in [6.07, 6.45) is -0.847. The highest BCUT2D eigenvalue weighted by Crippen LogP contribution is 1.99. The fraction of sp³-hybridized carbons (Fsp3) is 0.455. The standard InChI is InChI=1S/C11H14F2N4O/c1-16-10(7-14-5-4-9(12)13)15-17-6-2-3-8(17)11(16)18/h2-3,6,9,14H,4-5,7H2,1H3. The molecule has 0 bridgehead atoms. The molecule has 2 aromatic rings. The van der Waals surface area contributed by atoms with E-state index in [1.54, 1.807) is 25.4 Å². The number of alkyl halides is 2. The number of nitrogens with zero attached hydrogens (tertiary/aromatic N) is 3. The Morgan fingerprint density at radius 3 is 3.00 bits per heavy atom. The summed E-state index contributed by atoms with van der Waals surface area (Å²) in [6, 6.07) is 3.42. The Balaban J connectivity index is 2.13. The molecule has 2 heterocycles. The van der Waals surface area contributed by atoms with Gasteiger partial charge in [-0.3, -0.25) is 9.36 Å². The number of nitrogens with one attached hydrogen (secondary N) is 1. The molecule has 18 heavy (non-hydrogen) atoms. The smallest absolute Gasteiger partial charge is 0.277 e. The van der Waals surface area contributed by atoms with Crippen molar-refractivity contribution < 1.29 is 8.78 Å². The summed E-state index contributed by atoms with van der Waals surface area (Å²) >= 11 is 0. The van der Waals surface area contributed by atoms with Crippen LogP contribution < -0.4 is 10.9 Å². The van der Waals surface area contributed by atoms with Crippen LogP contribution in [0.2, 0.25) is 0 Å². The highest BCUT2D eigenvalue weighted by Gasteiger charge is 2.08. The summed E-state index contributed by atoms with van der Waals surface area (Å²) in [5.74, 6) is 0.512. The summed E-state index contributed by atoms with van der Waals surface area (Å²) in [7, 11) is 1.62. The molecule has 0 amide bonds. The zero-order chi connectivity index (χ0) is 13.1. The Labute approximate surface area is 102 Å². The Bertz CT molecular complexity index is 590. The van der Waals surface area contributed by atoms with E-state index in [1.165, 1.54) is 9.08 Å². The average molecular weight is 256 g/mol. The third-order valence-electron chi connectivity index (χ3n) is 2.68. The summed E-state index contributed by atoms with van der Waals surface area (Å²) in [5.41, 5.74) is 0.342. The van der Waals surface area contributed by atoms with Crippen LogP contribution in [0.3, 0.4) is 0 Å². The Hall–Kier alpha value is -1.76. The molecular weight excluding hydrogens is 242 g/mol. The van der Waals surface area contributed by atoms with Crippen LogP contribution in [0.4, 0.5) is 8.78 Å². The predicted molar refractivity (Wildman–Crippen MR) is 62.8 cm³/mol. The van der Waals surface area contributed by atoms with E-state index in [4.69, 9.17) is 0 Å². The van der Waals surface area contributed by atoms with E-state index < -0.39 is 6.43 Å². The van der Waals surface area contributed by atoms with Gasteiger partial charge in [0, 0.05) is 26.2 Å². The van der Waals surface area contributed by atoms with E-state index >= 15 is 0 Å². The number of hydrogen-bond acceptors (Lipinski definition) is 3. The Morgan fingerprint density at radius 2 is 2.28 bits per heavy atom. The second-order valence-electron chi connectivity index (χ2n) is 3.97. The van der Waals surface area contributed by atoms with Gasteiger partial charge in [-0.1, -0.05) is 0 Å². The van der Waals surface area contributed by atoms with Crippen LogP contribution in [0.1, 0.15) is 12.2 Å². The van der Waals surface area contributed by atoms with Gasteiger partial charge in [0.15, 0.2) is 0 Å². The van der Waals surface area contributed by atoms with Crippen LogP contribution in [0, 0.1) is 0 Å². The van der Waals surface area contributed by atoms with Crippen molar-refractivity contribution in [2.45, 2.75) is 19.4 Å². The van der Waals surface area contributed by atoms with E-state index in [0.29, 0.717) is 11.3 Å². The normalized spacial score (nSPS) is 11.6. The maximum atomic E-state index is 12.0. The quantitative estimate of drug-likeness (QED) is 0.804. The van der Waals surface area contributed by atoms with Gasteiger partial charge in [-0.2, -0.15) is 5.10 Å². The van der Waals surface area contributed by atoms with Crippen LogP contribution in [0.15, 0.2) is 23.1 Å². The third kappa shape index (κ3) is 2.56. The minimum absolute atomic E-state index is 0.152. The minimum Gasteiger partial charge on any atom is -0.310 e. The molecule has 0 saturated carbocycles. The SMILES string of the molecule is Cn1c(CNCCC(F)F)nn2cccc2c1=O. The lowest BCUT2D eigenvalue weighted by molar-refractivity contribution is 0.137. The molecule has 0 aliphatic heterocycles. The maximum Gasteiger partial charge on any atom is 0.277 e. The first kappa shape index (κ1) is 12.7. The van der Waals surface area contributed by atoms with Gasteiger partial charge in [0.05, 0.1) is 6.54 Å². The number of hydrogen-bond donors (Lipinski definition) is 1. The highest BCUT2D eigenvalue weighted by molar-refractivity contribution is 5.43. The van der Waals surface area contributed by atoms with Gasteiger partial charge in [0.1, 0.15) is 11.3 Å². The van der Waals surface area contributed by atoms with Crippen LogP contribution in [0.5, 0.6) is 0 Å². The molecular formula is C11H14F2N4O. The lowest BCUT2D eigenvalue weighted by Crippen LogP contribution is -2.28. The predicted octanol–water partition coefficient (Wildman–Crippen LogP) is 0.778. The van der Waals surface area contributed by atoms with Gasteiger partial charge in [-0.15, -0.1) is 0 Å². The molecule has 0 atom stereocenters. The molecule has 0 aromatic carbocycles. The number of halogens is 2. The van der Waals surface area contributed by atoms with Crippen LogP contribution >= 0.6 is 0 Å². The van der Waals surface area contributed by atoms with Gasteiger partial charge in [-0.05, 0) is 12.1 Å². The van der Waals surface area contributed by atoms with Crippen molar-refractivity contribution in [3.8, 4) is 0 Å². The molecule has 0 saturated heterocycles. The van der Waals surface area contributed by atoms with Crippen LogP contribution in [0.25, 0.3) is 5.52 Å². The largest absolute Gasteiger partial charge is 0.310 e. The molecule has 0 aliphatic carbocycles. The molecule has 5 nitrogen and oxygen atoms in total. The van der Waals surface area contributed by atoms with Crippen LogP contribution in [-0.4, -0.2) is 27.2 Å². The number of rotatable bonds is 5. The first-order valence-electron chi connectivity index (χ1n) is 5.61. The van der Waals surface area contributed by atoms with Crippen molar-refractivity contribution in [1.82, 2.24) is 19.5 Å². The van der Waals surface area contributed by atoms with E-state index in [2.05, 4.69) is 10.4 Å². The zero-order valence-corrected chi connectivity index (χ0v) is 9.94. The third-order valence-corrected chi connectivity index (χ3v) is 2.68. The van der Waals surface area contributed by atoms with Crippen molar-refractivity contribution in [2.24, 2.45) is 7.05 Å². The minimum atomic E-state index is -2.32. The second-order valence-corrected chi connectivity index (χ2v) is 3.97. The molecule has 2 rings (SSSR count). The topological polar surface area (TPSA) is 51.3 Å². The number of aromatic nitrogens is 3. The van der Waals surface area contributed by atoms with E-state index in [-0.39, 0.29) is 25.1 Å². The maximum absolute atomic E-state index is 12.0. The van der Waals surface area contributed by atoms with E-state index in [0.717, 1.165) is 0 Å². The summed E-state index contributed by atoms with van der Waals surface area (Å²) in [5, 5.41) is 7.08. The highest BCUT2D eigenvalue weighted by atomic mass is 19.3. The monoisotopic (exact) mass is 256 g/mol. The lowest BCUT2D eigenvalue weighted by Gasteiger charge is -2.09. The molecule has 0 spiro atoms. The van der Waals surface area contributed by atoms with Gasteiger partial charge >= 0.3 is 0 Å². The first-order valence-corrected chi connectivity index (χ1v) is 5.61. The van der Waals surface area contributed by atoms with Crippen molar-refractivity contribution in [3.05, 3.63) is 34.5 Å². The van der Waals surface area contributed by atoms with E-state index in [9.17, 15) is 13.6 Å². The van der Waals surface area contributed by atoms with E-state index in [1.807, 2.05) is 0 Å². The molecule has 0 unspecified atom stereocenters. The Morgan fingerprint density at radius 1 is 1.50 bits per heavy atom. The summed E-state index contributed by atoms with van der Waals surface area (Å²) in [6.45, 7) is 0.476. The molecule has 0 radical (unpaired) electrons. The second kappa shape index (κ2) is 5.26. The fourth-order valence-corrected chi connectivity index (χ4v) is 1.67. The number of fused-ring (bicyclic) bond motifs is 1. The molecule has 0 fully saturated rings. The van der Waals surface area contributed by atoms with Crippen molar-refractivity contribution in [3.63, 3.8) is 0 Å². The molecule has 7 heteroatoms. The average Bonchev–Trinajstić information content (AvgIpc) is 2.78. The molecule has 1 N–H and O–H groups in total. The molecule has 0 aliphatic rings. The molecule has 2 aromatic heterocycles. The van der Waals surface area contributed by atoms with Gasteiger partial charge in [0.25, 0.3) is 5.56 Å². The van der Waals surface area contributed by atoms with Crippen molar-refractivity contribution in [1.29, 1.82) is 0 Å². The molecule has 98 valence electrons. The van der Waals surface area contributed by atoms with Crippen molar-refractivity contribution >= 4 is 5.52 Å². The van der Waals surface area contributed by atoms with Crippen LogP contribution in [-0.2, 0) is 13.6 Å². The van der Waals surface area contributed by atoms with Gasteiger partial charge < -0.3 is 5.32 Å². The summed E-state index contributed by atoms with van der Waals surface area (Å²) in [4.78, 5) is 11.9. The zero-order valence-electron chi connectivity index (χ0n) is 9.94. The van der Waals surface area contributed by atoms with Gasteiger partial charge in [-0.25, -0.2) is 13.3 Å². The van der Waals surface area contributed by atoms with Gasteiger partial charge in [0.2, 0.25) is 6.43 Å². The lowest BCUT2D eigenvalue weighted by atomic mass is 10.4. The summed E-state index contributed by atoms with van der Waals surface area (Å²) < 4.78 is 26.8.